The summed E-state index contributed by atoms with van der Waals surface area (Å²) < 4.78 is 2.14. The van der Waals surface area contributed by atoms with Gasteiger partial charge in [-0.3, -0.25) is 9.36 Å². The zero-order chi connectivity index (χ0) is 22.0. The average molecular weight is 469 g/mol. The highest BCUT2D eigenvalue weighted by Gasteiger charge is 2.14. The molecule has 4 rings (SSSR count). The van der Waals surface area contributed by atoms with Crippen LogP contribution in [0.25, 0.3) is 17.8 Å². The quantitative estimate of drug-likeness (QED) is 0.341. The van der Waals surface area contributed by atoms with Gasteiger partial charge in [0.2, 0.25) is 0 Å². The highest BCUT2D eigenvalue weighted by atomic mass is 35.5. The van der Waals surface area contributed by atoms with Crippen molar-refractivity contribution in [3.05, 3.63) is 86.5 Å². The Balaban J connectivity index is 1.74. The fourth-order valence-corrected chi connectivity index (χ4v) is 4.61. The molecule has 31 heavy (non-hydrogen) atoms. The molecule has 3 nitrogen and oxygen atoms in total. The molecule has 1 aromatic heterocycles. The Kier molecular flexibility index (Phi) is 6.71. The Hall–Kier alpha value is -2.27. The van der Waals surface area contributed by atoms with Crippen LogP contribution >= 0.6 is 35.0 Å². The fraction of sp³-hybridized carbons (Fsp3) is 0.200. The third kappa shape index (κ3) is 4.98. The second kappa shape index (κ2) is 9.47. The molecule has 0 saturated heterocycles. The molecule has 0 spiro atoms. The molecule has 158 valence electrons. The topological polar surface area (TPSA) is 34.9 Å². The van der Waals surface area contributed by atoms with Crippen molar-refractivity contribution in [2.24, 2.45) is 5.92 Å². The molecule has 6 heteroatoms. The number of thioether (sulfide) groups is 1. The third-order valence-corrected chi connectivity index (χ3v) is 6.58. The van der Waals surface area contributed by atoms with Crippen molar-refractivity contribution in [3.63, 3.8) is 0 Å². The Labute approximate surface area is 196 Å². The van der Waals surface area contributed by atoms with E-state index in [0.29, 0.717) is 6.42 Å². The van der Waals surface area contributed by atoms with Gasteiger partial charge in [-0.2, -0.15) is 0 Å². The van der Waals surface area contributed by atoms with Crippen LogP contribution in [0.2, 0.25) is 5.02 Å². The van der Waals surface area contributed by atoms with Gasteiger partial charge < -0.3 is 0 Å². The first-order chi connectivity index (χ1) is 14.9. The first kappa shape index (κ1) is 21.9. The van der Waals surface area contributed by atoms with Gasteiger partial charge in [0.25, 0.3) is 0 Å². The van der Waals surface area contributed by atoms with Crippen LogP contribution in [0.1, 0.15) is 36.2 Å². The summed E-state index contributed by atoms with van der Waals surface area (Å²) in [5.74, 6) is 0.884. The predicted molar refractivity (Wildman–Crippen MR) is 130 cm³/mol. The summed E-state index contributed by atoms with van der Waals surface area (Å²) in [6.45, 7) is 3.83. The molecule has 0 unspecified atom stereocenters. The lowest BCUT2D eigenvalue weighted by molar-refractivity contribution is 0.0939. The summed E-state index contributed by atoms with van der Waals surface area (Å²) in [5, 5.41) is 4.29. The van der Waals surface area contributed by atoms with Crippen LogP contribution in [-0.2, 0) is 5.75 Å². The Bertz CT molecular complexity index is 1260. The van der Waals surface area contributed by atoms with Gasteiger partial charge in [0, 0.05) is 39.4 Å². The molecule has 0 saturated carbocycles. The van der Waals surface area contributed by atoms with Gasteiger partial charge in [0.15, 0.2) is 10.9 Å². The Morgan fingerprint density at radius 1 is 1.06 bits per heavy atom. The predicted octanol–water partition coefficient (Wildman–Crippen LogP) is 5.74. The third-order valence-electron chi connectivity index (χ3n) is 5.04. The normalized spacial score (nSPS) is 13.1. The molecule has 2 aromatic carbocycles. The van der Waals surface area contributed by atoms with Crippen molar-refractivity contribution in [1.29, 1.82) is 0 Å². The maximum Gasteiger partial charge on any atom is 0.174 e. The number of ketones is 1. The summed E-state index contributed by atoms with van der Waals surface area (Å²) >= 11 is 13.9. The van der Waals surface area contributed by atoms with E-state index in [-0.39, 0.29) is 11.7 Å². The summed E-state index contributed by atoms with van der Waals surface area (Å²) in [5.41, 5.74) is 2.86. The van der Waals surface area contributed by atoms with Gasteiger partial charge in [0.05, 0.1) is 10.7 Å². The molecule has 0 radical (unpaired) electrons. The number of hydrogen-bond donors (Lipinski definition) is 0. The van der Waals surface area contributed by atoms with E-state index in [0.717, 1.165) is 42.9 Å². The van der Waals surface area contributed by atoms with Gasteiger partial charge in [-0.1, -0.05) is 67.0 Å². The second-order valence-electron chi connectivity index (χ2n) is 7.67. The van der Waals surface area contributed by atoms with E-state index in [1.54, 1.807) is 11.8 Å². The molecule has 1 heterocycles. The molecular weight excluding hydrogens is 447 g/mol. The van der Waals surface area contributed by atoms with Crippen molar-refractivity contribution in [3.8, 4) is 5.69 Å². The first-order valence-corrected chi connectivity index (χ1v) is 11.8. The van der Waals surface area contributed by atoms with Crippen molar-refractivity contribution in [1.82, 2.24) is 9.55 Å². The lowest BCUT2D eigenvalue weighted by atomic mass is 10.0. The van der Waals surface area contributed by atoms with Gasteiger partial charge in [-0.25, -0.2) is 4.98 Å². The zero-order valence-electron chi connectivity index (χ0n) is 17.3. The minimum atomic E-state index is -0.0305. The number of benzene rings is 2. The highest BCUT2D eigenvalue weighted by Crippen LogP contribution is 2.24. The summed E-state index contributed by atoms with van der Waals surface area (Å²) in [4.78, 5) is 17.2. The number of Topliss-reactive ketones (excluding diaryl/α,β-unsaturated/α-hetero) is 1. The molecule has 3 aromatic rings. The maximum absolute atomic E-state index is 12.3. The van der Waals surface area contributed by atoms with Gasteiger partial charge >= 0.3 is 0 Å². The molecule has 0 bridgehead atoms. The number of imidazole rings is 1. The van der Waals surface area contributed by atoms with E-state index >= 15 is 0 Å². The van der Waals surface area contributed by atoms with Crippen molar-refractivity contribution in [2.45, 2.75) is 31.2 Å². The smallest absolute Gasteiger partial charge is 0.174 e. The number of halogens is 2. The van der Waals surface area contributed by atoms with Crippen molar-refractivity contribution >= 4 is 52.9 Å². The average Bonchev–Trinajstić information content (AvgIpc) is 3.02. The molecule has 0 N–H and O–H groups in total. The fourth-order valence-electron chi connectivity index (χ4n) is 3.36. The van der Waals surface area contributed by atoms with E-state index in [2.05, 4.69) is 10.6 Å². The molecule has 1 aliphatic carbocycles. The Morgan fingerprint density at radius 2 is 1.77 bits per heavy atom. The Morgan fingerprint density at radius 3 is 2.45 bits per heavy atom. The molecule has 0 aliphatic heterocycles. The lowest BCUT2D eigenvalue weighted by Gasteiger charge is -2.10. The number of fused-ring (bicyclic) bond motifs is 1. The van der Waals surface area contributed by atoms with Crippen LogP contribution in [-0.4, -0.2) is 15.3 Å². The molecule has 1 aliphatic rings. The van der Waals surface area contributed by atoms with Crippen LogP contribution in [0.15, 0.2) is 64.8 Å². The summed E-state index contributed by atoms with van der Waals surface area (Å²) in [6, 6.07) is 15.6. The van der Waals surface area contributed by atoms with Crippen molar-refractivity contribution < 1.29 is 4.79 Å². The van der Waals surface area contributed by atoms with Gasteiger partial charge in [0.1, 0.15) is 0 Å². The van der Waals surface area contributed by atoms with E-state index < -0.39 is 0 Å². The number of nitrogens with zero attached hydrogens (tertiary/aromatic N) is 2. The highest BCUT2D eigenvalue weighted by molar-refractivity contribution is 7.98. The van der Waals surface area contributed by atoms with Crippen LogP contribution < -0.4 is 10.7 Å². The number of allylic oxidation sites excluding steroid dienone is 2. The number of hydrogen-bond acceptors (Lipinski definition) is 3. The SMILES string of the molecule is CC(C)C(=O)c1ccc(-n2c(SCc3ccc(Cl)cc3)nc3c2=CCC(Cl)=CC=3)cc1. The van der Waals surface area contributed by atoms with Gasteiger partial charge in [-0.15, -0.1) is 0 Å². The first-order valence-electron chi connectivity index (χ1n) is 10.1. The molecular formula is C25H22Cl2N2OS. The number of aromatic nitrogens is 2. The number of carbonyl (C=O) groups is 1. The molecule has 0 atom stereocenters. The van der Waals surface area contributed by atoms with E-state index in [1.807, 2.05) is 74.5 Å². The standard InChI is InChI=1S/C25H22Cl2N2OS/c1-16(2)24(30)18-5-11-21(12-6-18)29-23-14-10-20(27)9-13-22(23)28-25(29)31-15-17-3-7-19(26)8-4-17/h3-9,11-14,16H,10,15H2,1-2H3. The summed E-state index contributed by atoms with van der Waals surface area (Å²) in [7, 11) is 0. The summed E-state index contributed by atoms with van der Waals surface area (Å²) in [6.07, 6.45) is 6.62. The monoisotopic (exact) mass is 468 g/mol. The van der Waals surface area contributed by atoms with Gasteiger partial charge in [-0.05, 0) is 54.1 Å². The van der Waals surface area contributed by atoms with Crippen LogP contribution in [0.4, 0.5) is 0 Å². The zero-order valence-corrected chi connectivity index (χ0v) is 19.6. The lowest BCUT2D eigenvalue weighted by Crippen LogP contribution is -2.28. The minimum Gasteiger partial charge on any atom is -0.294 e. The van der Waals surface area contributed by atoms with E-state index in [9.17, 15) is 4.79 Å². The minimum absolute atomic E-state index is 0.0305. The number of carbonyl (C=O) groups excluding carboxylic acids is 1. The molecule has 0 amide bonds. The van der Waals surface area contributed by atoms with Crippen LogP contribution in [0.5, 0.6) is 0 Å². The van der Waals surface area contributed by atoms with E-state index in [4.69, 9.17) is 28.2 Å². The maximum atomic E-state index is 12.3. The molecule has 0 fully saturated rings. The second-order valence-corrected chi connectivity index (χ2v) is 9.53. The van der Waals surface area contributed by atoms with Crippen LogP contribution in [0, 0.1) is 5.92 Å². The largest absolute Gasteiger partial charge is 0.294 e. The van der Waals surface area contributed by atoms with Crippen molar-refractivity contribution in [2.75, 3.05) is 0 Å². The van der Waals surface area contributed by atoms with E-state index in [1.165, 1.54) is 5.56 Å². The number of rotatable bonds is 6. The van der Waals surface area contributed by atoms with Crippen LogP contribution in [0.3, 0.4) is 0 Å².